The zero-order valence-electron chi connectivity index (χ0n) is 22.8. The van der Waals surface area contributed by atoms with Gasteiger partial charge in [-0.2, -0.15) is 4.39 Å². The van der Waals surface area contributed by atoms with E-state index in [0.29, 0.717) is 12.2 Å². The van der Waals surface area contributed by atoms with Crippen molar-refractivity contribution in [3.05, 3.63) is 29.3 Å². The molecule has 0 heterocycles. The van der Waals surface area contributed by atoms with Crippen LogP contribution in [0.3, 0.4) is 0 Å². The molecule has 1 aromatic rings. The number of ether oxygens (including phenoxy) is 1. The molecule has 2 aliphatic rings. The average Bonchev–Trinajstić information content (AvgIpc) is 2.89. The highest BCUT2D eigenvalue weighted by Crippen LogP contribution is 2.41. The average molecular weight is 491 g/mol. The lowest BCUT2D eigenvalue weighted by molar-refractivity contribution is 0.222. The lowest BCUT2D eigenvalue weighted by Gasteiger charge is -2.32. The van der Waals surface area contributed by atoms with E-state index in [9.17, 15) is 8.78 Å². The van der Waals surface area contributed by atoms with Crippen molar-refractivity contribution in [2.24, 2.45) is 17.8 Å². The summed E-state index contributed by atoms with van der Waals surface area (Å²) in [5.74, 6) is 1.47. The molecule has 0 saturated heterocycles. The van der Waals surface area contributed by atoms with Gasteiger partial charge in [0.1, 0.15) is 0 Å². The van der Waals surface area contributed by atoms with Crippen LogP contribution in [0.25, 0.3) is 0 Å². The summed E-state index contributed by atoms with van der Waals surface area (Å²) < 4.78 is 35.2. The van der Waals surface area contributed by atoms with Crippen LogP contribution in [-0.2, 0) is 0 Å². The van der Waals surface area contributed by atoms with E-state index in [0.717, 1.165) is 56.3 Å². The first-order valence-electron chi connectivity index (χ1n) is 15.2. The highest BCUT2D eigenvalue weighted by atomic mass is 19.2. The van der Waals surface area contributed by atoms with Crippen molar-refractivity contribution < 1.29 is 13.5 Å². The van der Waals surface area contributed by atoms with Gasteiger partial charge < -0.3 is 4.74 Å². The fraction of sp³-hybridized carbons (Fsp3) is 0.812. The Balaban J connectivity index is 1.35. The highest BCUT2D eigenvalue weighted by molar-refractivity contribution is 5.33. The minimum Gasteiger partial charge on any atom is -0.490 e. The predicted octanol–water partition coefficient (Wildman–Crippen LogP) is 10.8. The van der Waals surface area contributed by atoms with Crippen molar-refractivity contribution in [3.63, 3.8) is 0 Å². The molecule has 0 radical (unpaired) electrons. The van der Waals surface area contributed by atoms with E-state index < -0.39 is 11.6 Å². The van der Waals surface area contributed by atoms with Gasteiger partial charge >= 0.3 is 0 Å². The molecule has 1 aromatic carbocycles. The molecule has 0 N–H and O–H groups in total. The van der Waals surface area contributed by atoms with Crippen molar-refractivity contribution in [3.8, 4) is 5.75 Å². The summed E-state index contributed by atoms with van der Waals surface area (Å²) >= 11 is 0. The first-order valence-corrected chi connectivity index (χ1v) is 15.2. The smallest absolute Gasteiger partial charge is 0.200 e. The molecule has 2 fully saturated rings. The quantitative estimate of drug-likeness (QED) is 0.222. The van der Waals surface area contributed by atoms with E-state index >= 15 is 0 Å². The minimum absolute atomic E-state index is 0.0814. The molecule has 0 aliphatic heterocycles. The van der Waals surface area contributed by atoms with Gasteiger partial charge in [0.05, 0.1) is 6.61 Å². The number of rotatable bonds is 15. The van der Waals surface area contributed by atoms with E-state index in [1.807, 2.05) is 0 Å². The van der Waals surface area contributed by atoms with Gasteiger partial charge in [-0.3, -0.25) is 0 Å². The van der Waals surface area contributed by atoms with Crippen LogP contribution >= 0.6 is 0 Å². The van der Waals surface area contributed by atoms with Crippen molar-refractivity contribution in [2.75, 3.05) is 6.61 Å². The molecule has 0 unspecified atom stereocenters. The van der Waals surface area contributed by atoms with Crippen molar-refractivity contribution >= 4 is 0 Å². The molecule has 0 aromatic heterocycles. The maximum absolute atomic E-state index is 14.9. The van der Waals surface area contributed by atoms with Gasteiger partial charge in [0.15, 0.2) is 11.6 Å². The largest absolute Gasteiger partial charge is 0.490 e. The van der Waals surface area contributed by atoms with Crippen LogP contribution in [0, 0.1) is 29.4 Å². The Hall–Kier alpha value is -1.12. The third-order valence-electron chi connectivity index (χ3n) is 9.03. The Bertz CT molecular complexity index is 702. The number of hydrogen-bond donors (Lipinski definition) is 0. The van der Waals surface area contributed by atoms with Crippen LogP contribution in [0.5, 0.6) is 5.75 Å². The van der Waals surface area contributed by atoms with Gasteiger partial charge in [0, 0.05) is 0 Å². The van der Waals surface area contributed by atoms with Crippen LogP contribution in [0.1, 0.15) is 147 Å². The van der Waals surface area contributed by atoms with Gasteiger partial charge in [-0.25, -0.2) is 4.39 Å². The first-order chi connectivity index (χ1) is 17.1. The van der Waals surface area contributed by atoms with Crippen LogP contribution in [0.15, 0.2) is 12.1 Å². The summed E-state index contributed by atoms with van der Waals surface area (Å²) in [5.41, 5.74) is 0.568. The normalized spacial score (nSPS) is 25.0. The van der Waals surface area contributed by atoms with Gasteiger partial charge in [-0.05, 0) is 67.4 Å². The van der Waals surface area contributed by atoms with Gasteiger partial charge in [0.2, 0.25) is 5.82 Å². The molecule has 3 rings (SSSR count). The van der Waals surface area contributed by atoms with Crippen LogP contribution in [0.4, 0.5) is 8.78 Å². The molecule has 0 atom stereocenters. The Labute approximate surface area is 214 Å². The van der Waals surface area contributed by atoms with Crippen LogP contribution in [-0.4, -0.2) is 6.61 Å². The molecule has 35 heavy (non-hydrogen) atoms. The summed E-state index contributed by atoms with van der Waals surface area (Å²) in [6.07, 6.45) is 23.9. The molecule has 3 heteroatoms. The summed E-state index contributed by atoms with van der Waals surface area (Å²) in [7, 11) is 0. The molecule has 2 saturated carbocycles. The molecule has 1 nitrogen and oxygen atoms in total. The summed E-state index contributed by atoms with van der Waals surface area (Å²) in [5, 5.41) is 0. The third kappa shape index (κ3) is 9.36. The Morgan fingerprint density at radius 3 is 1.80 bits per heavy atom. The molecular weight excluding hydrogens is 438 g/mol. The molecule has 0 bridgehead atoms. The SMILES string of the molecule is CCCCCCCCOc1ccc(C2CCC(CCC3CCC(CCCC)CC3)CC2)c(F)c1F. The molecule has 0 spiro atoms. The second-order valence-corrected chi connectivity index (χ2v) is 11.7. The standard InChI is InChI=1S/C32H52F2O/c1-3-5-7-8-9-10-24-35-30-23-22-29(31(33)32(30)34)28-20-18-27(19-21-28)17-16-26-14-12-25(13-15-26)11-6-4-2/h22-23,25-28H,3-21,24H2,1-2H3. The number of hydrogen-bond acceptors (Lipinski definition) is 1. The number of halogens is 2. The van der Waals surface area contributed by atoms with Crippen molar-refractivity contribution in [1.82, 2.24) is 0 Å². The van der Waals surface area contributed by atoms with E-state index in [-0.39, 0.29) is 11.7 Å². The van der Waals surface area contributed by atoms with Crippen molar-refractivity contribution in [2.45, 2.75) is 142 Å². The minimum atomic E-state index is -0.787. The fourth-order valence-electron chi connectivity index (χ4n) is 6.57. The predicted molar refractivity (Wildman–Crippen MR) is 144 cm³/mol. The second kappa shape index (κ2) is 15.9. The van der Waals surface area contributed by atoms with E-state index in [2.05, 4.69) is 13.8 Å². The van der Waals surface area contributed by atoms with E-state index in [1.54, 1.807) is 12.1 Å². The molecular formula is C32H52F2O. The second-order valence-electron chi connectivity index (χ2n) is 11.7. The third-order valence-corrected chi connectivity index (χ3v) is 9.03. The molecule has 2 aliphatic carbocycles. The topological polar surface area (TPSA) is 9.23 Å². The highest BCUT2D eigenvalue weighted by Gasteiger charge is 2.28. The monoisotopic (exact) mass is 490 g/mol. The van der Waals surface area contributed by atoms with E-state index in [4.69, 9.17) is 4.74 Å². The van der Waals surface area contributed by atoms with Crippen molar-refractivity contribution in [1.29, 1.82) is 0 Å². The van der Waals surface area contributed by atoms with E-state index in [1.165, 1.54) is 83.5 Å². The molecule has 200 valence electrons. The Morgan fingerprint density at radius 2 is 1.17 bits per heavy atom. The van der Waals surface area contributed by atoms with Gasteiger partial charge in [-0.15, -0.1) is 0 Å². The summed E-state index contributed by atoms with van der Waals surface area (Å²) in [6, 6.07) is 3.45. The maximum Gasteiger partial charge on any atom is 0.200 e. The Morgan fingerprint density at radius 1 is 0.629 bits per heavy atom. The maximum atomic E-state index is 14.9. The van der Waals surface area contributed by atoms with Crippen LogP contribution in [0.2, 0.25) is 0 Å². The zero-order chi connectivity index (χ0) is 24.9. The lowest BCUT2D eigenvalue weighted by atomic mass is 9.74. The number of benzene rings is 1. The lowest BCUT2D eigenvalue weighted by Crippen LogP contribution is -2.18. The fourth-order valence-corrected chi connectivity index (χ4v) is 6.57. The first kappa shape index (κ1) is 28.5. The Kier molecular flexibility index (Phi) is 12.9. The van der Waals surface area contributed by atoms with Gasteiger partial charge in [-0.1, -0.05) is 110 Å². The van der Waals surface area contributed by atoms with Gasteiger partial charge in [0.25, 0.3) is 0 Å². The van der Waals surface area contributed by atoms with Crippen LogP contribution < -0.4 is 4.74 Å². The molecule has 0 amide bonds. The zero-order valence-corrected chi connectivity index (χ0v) is 22.8. The summed E-state index contributed by atoms with van der Waals surface area (Å²) in [6.45, 7) is 4.97. The summed E-state index contributed by atoms with van der Waals surface area (Å²) in [4.78, 5) is 0. The number of unbranched alkanes of at least 4 members (excludes halogenated alkanes) is 6.